The van der Waals surface area contributed by atoms with Crippen molar-refractivity contribution in [1.29, 1.82) is 0 Å². The number of carbonyl (C=O) groups excluding carboxylic acids is 1. The summed E-state index contributed by atoms with van der Waals surface area (Å²) in [4.78, 5) is 11.9. The largest absolute Gasteiger partial charge is 0.454 e. The zero-order chi connectivity index (χ0) is 13.8. The van der Waals surface area contributed by atoms with Crippen LogP contribution in [0.25, 0.3) is 0 Å². The molecule has 2 aliphatic heterocycles. The predicted octanol–water partition coefficient (Wildman–Crippen LogP) is 2.56. The first-order chi connectivity index (χ1) is 9.81. The molecule has 3 rings (SSSR count). The highest BCUT2D eigenvalue weighted by Gasteiger charge is 2.17. The molecule has 108 valence electrons. The normalized spacial score (nSPS) is 20.7. The van der Waals surface area contributed by atoms with Crippen molar-refractivity contribution >= 4 is 17.7 Å². The van der Waals surface area contributed by atoms with Crippen LogP contribution < -0.4 is 14.8 Å². The molecule has 1 amide bonds. The van der Waals surface area contributed by atoms with Crippen molar-refractivity contribution in [1.82, 2.24) is 5.32 Å². The minimum absolute atomic E-state index is 0.148. The number of amides is 1. The molecule has 0 bridgehead atoms. The molecule has 1 saturated heterocycles. The van der Waals surface area contributed by atoms with Crippen LogP contribution in [0.4, 0.5) is 0 Å². The molecule has 1 unspecified atom stereocenters. The van der Waals surface area contributed by atoms with Gasteiger partial charge in [0.15, 0.2) is 11.5 Å². The van der Waals surface area contributed by atoms with Crippen molar-refractivity contribution in [3.05, 3.63) is 23.8 Å². The Morgan fingerprint density at radius 3 is 3.10 bits per heavy atom. The maximum absolute atomic E-state index is 11.9. The average Bonchev–Trinajstić information content (AvgIpc) is 2.93. The average molecular weight is 293 g/mol. The lowest BCUT2D eigenvalue weighted by atomic mass is 10.0. The SMILES string of the molecule is O=C(CC1CCCSC1)NCc1ccc2c(c1)OCO2. The van der Waals surface area contributed by atoms with Gasteiger partial charge in [-0.2, -0.15) is 11.8 Å². The van der Waals surface area contributed by atoms with Gasteiger partial charge in [-0.1, -0.05) is 6.07 Å². The van der Waals surface area contributed by atoms with Crippen LogP contribution in [0.5, 0.6) is 11.5 Å². The number of hydrogen-bond acceptors (Lipinski definition) is 4. The second-order valence-corrected chi connectivity index (χ2v) is 6.40. The smallest absolute Gasteiger partial charge is 0.231 e. The van der Waals surface area contributed by atoms with Crippen LogP contribution in [-0.2, 0) is 11.3 Å². The van der Waals surface area contributed by atoms with E-state index in [0.29, 0.717) is 18.9 Å². The molecule has 0 spiro atoms. The number of thioether (sulfide) groups is 1. The summed E-state index contributed by atoms with van der Waals surface area (Å²) in [5.41, 5.74) is 1.04. The molecule has 20 heavy (non-hydrogen) atoms. The summed E-state index contributed by atoms with van der Waals surface area (Å²) in [6, 6.07) is 5.78. The fourth-order valence-corrected chi connectivity index (χ4v) is 3.71. The fraction of sp³-hybridized carbons (Fsp3) is 0.533. The highest BCUT2D eigenvalue weighted by Crippen LogP contribution is 2.32. The summed E-state index contributed by atoms with van der Waals surface area (Å²) in [5.74, 6) is 4.60. The number of carbonyl (C=O) groups is 1. The van der Waals surface area contributed by atoms with Crippen LogP contribution in [0.1, 0.15) is 24.8 Å². The van der Waals surface area contributed by atoms with Crippen molar-refractivity contribution < 1.29 is 14.3 Å². The minimum atomic E-state index is 0.148. The Morgan fingerprint density at radius 2 is 2.25 bits per heavy atom. The van der Waals surface area contributed by atoms with Crippen molar-refractivity contribution in [2.24, 2.45) is 5.92 Å². The Kier molecular flexibility index (Phi) is 4.35. The van der Waals surface area contributed by atoms with Gasteiger partial charge in [-0.3, -0.25) is 4.79 Å². The van der Waals surface area contributed by atoms with E-state index < -0.39 is 0 Å². The zero-order valence-corrected chi connectivity index (χ0v) is 12.2. The van der Waals surface area contributed by atoms with Crippen molar-refractivity contribution in [2.45, 2.75) is 25.8 Å². The molecule has 1 atom stereocenters. The van der Waals surface area contributed by atoms with Gasteiger partial charge in [0.25, 0.3) is 0 Å². The third-order valence-electron chi connectivity index (χ3n) is 3.66. The van der Waals surface area contributed by atoms with E-state index >= 15 is 0 Å². The first kappa shape index (κ1) is 13.6. The molecule has 2 aliphatic rings. The van der Waals surface area contributed by atoms with E-state index in [1.807, 2.05) is 30.0 Å². The Bertz CT molecular complexity index is 486. The van der Waals surface area contributed by atoms with E-state index in [9.17, 15) is 4.79 Å². The molecule has 0 saturated carbocycles. The summed E-state index contributed by atoms with van der Waals surface area (Å²) in [5, 5.41) is 2.99. The molecule has 1 fully saturated rings. The van der Waals surface area contributed by atoms with Gasteiger partial charge < -0.3 is 14.8 Å². The summed E-state index contributed by atoms with van der Waals surface area (Å²) < 4.78 is 10.6. The molecule has 2 heterocycles. The topological polar surface area (TPSA) is 47.6 Å². The van der Waals surface area contributed by atoms with E-state index in [2.05, 4.69) is 5.32 Å². The monoisotopic (exact) mass is 293 g/mol. The number of hydrogen-bond donors (Lipinski definition) is 1. The van der Waals surface area contributed by atoms with Crippen LogP contribution in [0, 0.1) is 5.92 Å². The Balaban J connectivity index is 1.47. The van der Waals surface area contributed by atoms with Gasteiger partial charge in [-0.25, -0.2) is 0 Å². The third kappa shape index (κ3) is 3.39. The molecule has 4 nitrogen and oxygen atoms in total. The lowest BCUT2D eigenvalue weighted by molar-refractivity contribution is -0.122. The van der Waals surface area contributed by atoms with Gasteiger partial charge in [-0.05, 0) is 48.0 Å². The molecule has 0 aliphatic carbocycles. The molecular formula is C15H19NO3S. The summed E-state index contributed by atoms with van der Waals surface area (Å²) >= 11 is 1.96. The van der Waals surface area contributed by atoms with Gasteiger partial charge in [0.2, 0.25) is 12.7 Å². The van der Waals surface area contributed by atoms with Gasteiger partial charge >= 0.3 is 0 Å². The van der Waals surface area contributed by atoms with Gasteiger partial charge in [0.05, 0.1) is 0 Å². The van der Waals surface area contributed by atoms with E-state index in [-0.39, 0.29) is 12.7 Å². The molecule has 1 aromatic carbocycles. The first-order valence-corrected chi connectivity index (χ1v) is 8.20. The number of ether oxygens (including phenoxy) is 2. The van der Waals surface area contributed by atoms with Crippen LogP contribution >= 0.6 is 11.8 Å². The van der Waals surface area contributed by atoms with Gasteiger partial charge in [0, 0.05) is 13.0 Å². The van der Waals surface area contributed by atoms with Gasteiger partial charge in [-0.15, -0.1) is 0 Å². The molecule has 1 N–H and O–H groups in total. The predicted molar refractivity (Wildman–Crippen MR) is 79.1 cm³/mol. The maximum Gasteiger partial charge on any atom is 0.231 e. The highest BCUT2D eigenvalue weighted by atomic mass is 32.2. The second kappa shape index (κ2) is 6.39. The van der Waals surface area contributed by atoms with Crippen LogP contribution in [0.3, 0.4) is 0 Å². The highest BCUT2D eigenvalue weighted by molar-refractivity contribution is 7.99. The van der Waals surface area contributed by atoms with E-state index in [4.69, 9.17) is 9.47 Å². The van der Waals surface area contributed by atoms with E-state index in [0.717, 1.165) is 22.8 Å². The number of benzene rings is 1. The summed E-state index contributed by atoms with van der Waals surface area (Å²) in [7, 11) is 0. The Labute approximate surface area is 123 Å². The van der Waals surface area contributed by atoms with Crippen LogP contribution in [0.2, 0.25) is 0 Å². The standard InChI is InChI=1S/C15H19NO3S/c17-15(7-12-2-1-5-20-9-12)16-8-11-3-4-13-14(6-11)19-10-18-13/h3-4,6,12H,1-2,5,7-10H2,(H,16,17). The molecule has 0 radical (unpaired) electrons. The number of rotatable bonds is 4. The van der Waals surface area contributed by atoms with E-state index in [1.54, 1.807) is 0 Å². The number of fused-ring (bicyclic) bond motifs is 1. The summed E-state index contributed by atoms with van der Waals surface area (Å²) in [6.45, 7) is 0.833. The van der Waals surface area contributed by atoms with Crippen LogP contribution in [0.15, 0.2) is 18.2 Å². The third-order valence-corrected chi connectivity index (χ3v) is 4.94. The van der Waals surface area contributed by atoms with E-state index in [1.165, 1.54) is 18.6 Å². The van der Waals surface area contributed by atoms with Crippen molar-refractivity contribution in [3.8, 4) is 11.5 Å². The first-order valence-electron chi connectivity index (χ1n) is 7.04. The molecule has 1 aromatic rings. The lowest BCUT2D eigenvalue weighted by Crippen LogP contribution is -2.26. The number of nitrogens with one attached hydrogen (secondary N) is 1. The minimum Gasteiger partial charge on any atom is -0.454 e. The molecular weight excluding hydrogens is 274 g/mol. The fourth-order valence-electron chi connectivity index (χ4n) is 2.55. The Hall–Kier alpha value is -1.36. The van der Waals surface area contributed by atoms with Gasteiger partial charge in [0.1, 0.15) is 0 Å². The van der Waals surface area contributed by atoms with Crippen molar-refractivity contribution in [2.75, 3.05) is 18.3 Å². The summed E-state index contributed by atoms with van der Waals surface area (Å²) in [6.07, 6.45) is 3.08. The molecule has 5 heteroatoms. The van der Waals surface area contributed by atoms with Crippen LogP contribution in [-0.4, -0.2) is 24.2 Å². The maximum atomic E-state index is 11.9. The second-order valence-electron chi connectivity index (χ2n) is 5.25. The molecule has 0 aromatic heterocycles. The Morgan fingerprint density at radius 1 is 1.35 bits per heavy atom. The quantitative estimate of drug-likeness (QED) is 0.927. The zero-order valence-electron chi connectivity index (χ0n) is 11.4. The van der Waals surface area contributed by atoms with Crippen molar-refractivity contribution in [3.63, 3.8) is 0 Å². The lowest BCUT2D eigenvalue weighted by Gasteiger charge is -2.20.